The molecule has 0 amide bonds. The first kappa shape index (κ1) is 12.9. The van der Waals surface area contributed by atoms with Gasteiger partial charge in [0.1, 0.15) is 5.75 Å². The van der Waals surface area contributed by atoms with Gasteiger partial charge in [0, 0.05) is 42.3 Å². The van der Waals surface area contributed by atoms with Crippen molar-refractivity contribution in [3.05, 3.63) is 28.2 Å². The molecule has 0 unspecified atom stereocenters. The van der Waals surface area contributed by atoms with Gasteiger partial charge in [0.2, 0.25) is 0 Å². The first-order valence-corrected chi connectivity index (χ1v) is 6.78. The highest BCUT2D eigenvalue weighted by molar-refractivity contribution is 9.10. The lowest BCUT2D eigenvalue weighted by Gasteiger charge is -2.34. The summed E-state index contributed by atoms with van der Waals surface area (Å²) in [5, 5.41) is 3.41. The molecule has 1 N–H and O–H groups in total. The topological polar surface area (TPSA) is 24.5 Å². The number of nitrogens with one attached hydrogen (secondary N) is 1. The van der Waals surface area contributed by atoms with E-state index in [9.17, 15) is 0 Å². The number of benzene rings is 1. The van der Waals surface area contributed by atoms with Crippen LogP contribution in [0.2, 0.25) is 0 Å². The molecule has 1 aliphatic rings. The van der Waals surface area contributed by atoms with Crippen LogP contribution in [0, 0.1) is 0 Å². The molecule has 1 aliphatic heterocycles. The van der Waals surface area contributed by atoms with Gasteiger partial charge in [-0.05, 0) is 19.1 Å². The van der Waals surface area contributed by atoms with Gasteiger partial charge < -0.3 is 10.1 Å². The second kappa shape index (κ2) is 5.85. The van der Waals surface area contributed by atoms with Crippen LogP contribution in [-0.2, 0) is 6.54 Å². The van der Waals surface area contributed by atoms with E-state index in [0.717, 1.165) is 36.4 Å². The molecule has 0 saturated carbocycles. The van der Waals surface area contributed by atoms with E-state index in [0.29, 0.717) is 6.04 Å². The highest BCUT2D eigenvalue weighted by Gasteiger charge is 2.20. The van der Waals surface area contributed by atoms with Crippen molar-refractivity contribution >= 4 is 15.9 Å². The first-order chi connectivity index (χ1) is 8.22. The van der Waals surface area contributed by atoms with Gasteiger partial charge in [-0.2, -0.15) is 0 Å². The molecule has 0 aliphatic carbocycles. The fourth-order valence-corrected chi connectivity index (χ4v) is 2.68. The standard InChI is InChI=1S/C13H19BrN2O/c1-10-8-15-6-7-16(10)9-11-12(14)4-3-5-13(11)17-2/h3-5,10,15H,6-9H2,1-2H3/t10-/m0/s1. The maximum absolute atomic E-state index is 5.43. The smallest absolute Gasteiger partial charge is 0.124 e. The summed E-state index contributed by atoms with van der Waals surface area (Å²) in [6, 6.07) is 6.67. The van der Waals surface area contributed by atoms with Crippen LogP contribution >= 0.6 is 15.9 Å². The van der Waals surface area contributed by atoms with Crippen molar-refractivity contribution < 1.29 is 4.74 Å². The third-order valence-electron chi connectivity index (χ3n) is 3.30. The molecule has 17 heavy (non-hydrogen) atoms. The summed E-state index contributed by atoms with van der Waals surface area (Å²) in [6.45, 7) is 6.42. The largest absolute Gasteiger partial charge is 0.496 e. The molecule has 1 aromatic carbocycles. The van der Waals surface area contributed by atoms with Crippen LogP contribution < -0.4 is 10.1 Å². The fourth-order valence-electron chi connectivity index (χ4n) is 2.20. The summed E-state index contributed by atoms with van der Waals surface area (Å²) in [6.07, 6.45) is 0. The Morgan fingerprint density at radius 2 is 2.35 bits per heavy atom. The number of piperazine rings is 1. The van der Waals surface area contributed by atoms with Crippen LogP contribution in [-0.4, -0.2) is 37.7 Å². The Balaban J connectivity index is 2.16. The Kier molecular flexibility index (Phi) is 4.42. The highest BCUT2D eigenvalue weighted by atomic mass is 79.9. The monoisotopic (exact) mass is 298 g/mol. The number of hydrogen-bond acceptors (Lipinski definition) is 3. The molecule has 2 rings (SSSR count). The van der Waals surface area contributed by atoms with Crippen LogP contribution in [0.15, 0.2) is 22.7 Å². The van der Waals surface area contributed by atoms with Crippen LogP contribution in [0.3, 0.4) is 0 Å². The van der Waals surface area contributed by atoms with Crippen molar-refractivity contribution in [2.45, 2.75) is 19.5 Å². The molecule has 0 spiro atoms. The number of hydrogen-bond donors (Lipinski definition) is 1. The summed E-state index contributed by atoms with van der Waals surface area (Å²) in [4.78, 5) is 2.49. The molecule has 1 atom stereocenters. The maximum Gasteiger partial charge on any atom is 0.124 e. The second-order valence-electron chi connectivity index (χ2n) is 4.44. The van der Waals surface area contributed by atoms with Crippen LogP contribution in [0.25, 0.3) is 0 Å². The Bertz CT molecular complexity index is 384. The molecular formula is C13H19BrN2O. The number of rotatable bonds is 3. The van der Waals surface area contributed by atoms with Crippen molar-refractivity contribution in [3.63, 3.8) is 0 Å². The van der Waals surface area contributed by atoms with Crippen molar-refractivity contribution in [1.82, 2.24) is 10.2 Å². The molecule has 94 valence electrons. The lowest BCUT2D eigenvalue weighted by atomic mass is 10.1. The van der Waals surface area contributed by atoms with Gasteiger partial charge in [0.15, 0.2) is 0 Å². The SMILES string of the molecule is COc1cccc(Br)c1CN1CCNC[C@@H]1C. The van der Waals surface area contributed by atoms with Crippen LogP contribution in [0.1, 0.15) is 12.5 Å². The minimum absolute atomic E-state index is 0.570. The van der Waals surface area contributed by atoms with Gasteiger partial charge in [-0.1, -0.05) is 22.0 Å². The maximum atomic E-state index is 5.43. The molecule has 1 heterocycles. The van der Waals surface area contributed by atoms with Gasteiger partial charge in [0.25, 0.3) is 0 Å². The summed E-state index contributed by atoms with van der Waals surface area (Å²) >= 11 is 3.61. The van der Waals surface area contributed by atoms with Crippen LogP contribution in [0.5, 0.6) is 5.75 Å². The van der Waals surface area contributed by atoms with Crippen molar-refractivity contribution in [3.8, 4) is 5.75 Å². The lowest BCUT2D eigenvalue weighted by molar-refractivity contribution is 0.163. The zero-order chi connectivity index (χ0) is 12.3. The van der Waals surface area contributed by atoms with Gasteiger partial charge in [0.05, 0.1) is 7.11 Å². The van der Waals surface area contributed by atoms with Gasteiger partial charge in [-0.25, -0.2) is 0 Å². The molecule has 1 saturated heterocycles. The number of nitrogens with zero attached hydrogens (tertiary/aromatic N) is 1. The minimum atomic E-state index is 0.570. The molecule has 0 bridgehead atoms. The van der Waals surface area contributed by atoms with Crippen LogP contribution in [0.4, 0.5) is 0 Å². The van der Waals surface area contributed by atoms with Gasteiger partial charge in [-0.15, -0.1) is 0 Å². The number of methoxy groups -OCH3 is 1. The molecule has 1 fully saturated rings. The van der Waals surface area contributed by atoms with Gasteiger partial charge in [-0.3, -0.25) is 4.90 Å². The number of ether oxygens (including phenoxy) is 1. The minimum Gasteiger partial charge on any atom is -0.496 e. The predicted molar refractivity (Wildman–Crippen MR) is 73.4 cm³/mol. The second-order valence-corrected chi connectivity index (χ2v) is 5.30. The fraction of sp³-hybridized carbons (Fsp3) is 0.538. The lowest BCUT2D eigenvalue weighted by Crippen LogP contribution is -2.49. The van der Waals surface area contributed by atoms with E-state index in [1.807, 2.05) is 12.1 Å². The van der Waals surface area contributed by atoms with E-state index in [-0.39, 0.29) is 0 Å². The van der Waals surface area contributed by atoms with E-state index < -0.39 is 0 Å². The third-order valence-corrected chi connectivity index (χ3v) is 4.04. The van der Waals surface area contributed by atoms with E-state index in [4.69, 9.17) is 4.74 Å². The molecule has 1 aromatic rings. The molecular weight excluding hydrogens is 280 g/mol. The Hall–Kier alpha value is -0.580. The van der Waals surface area contributed by atoms with Gasteiger partial charge >= 0.3 is 0 Å². The van der Waals surface area contributed by atoms with E-state index in [1.54, 1.807) is 7.11 Å². The van der Waals surface area contributed by atoms with E-state index >= 15 is 0 Å². The third kappa shape index (κ3) is 3.00. The summed E-state index contributed by atoms with van der Waals surface area (Å²) < 4.78 is 6.56. The quantitative estimate of drug-likeness (QED) is 0.926. The van der Waals surface area contributed by atoms with Crippen molar-refractivity contribution in [2.24, 2.45) is 0 Å². The molecule has 0 radical (unpaired) electrons. The summed E-state index contributed by atoms with van der Waals surface area (Å²) in [5.74, 6) is 0.963. The van der Waals surface area contributed by atoms with Crippen molar-refractivity contribution in [1.29, 1.82) is 0 Å². The zero-order valence-electron chi connectivity index (χ0n) is 10.4. The summed E-state index contributed by atoms with van der Waals surface area (Å²) in [7, 11) is 1.73. The number of halogens is 1. The average Bonchev–Trinajstić information content (AvgIpc) is 2.34. The average molecular weight is 299 g/mol. The molecule has 3 nitrogen and oxygen atoms in total. The molecule has 0 aromatic heterocycles. The van der Waals surface area contributed by atoms with E-state index in [1.165, 1.54) is 5.56 Å². The van der Waals surface area contributed by atoms with Crippen molar-refractivity contribution in [2.75, 3.05) is 26.7 Å². The zero-order valence-corrected chi connectivity index (χ0v) is 12.0. The Morgan fingerprint density at radius 3 is 3.06 bits per heavy atom. The predicted octanol–water partition coefficient (Wildman–Crippen LogP) is 2.25. The Labute approximate surface area is 111 Å². The summed E-state index contributed by atoms with van der Waals surface area (Å²) in [5.41, 5.74) is 1.24. The first-order valence-electron chi connectivity index (χ1n) is 5.98. The van der Waals surface area contributed by atoms with E-state index in [2.05, 4.69) is 39.1 Å². The highest BCUT2D eigenvalue weighted by Crippen LogP contribution is 2.28. The normalized spacial score (nSPS) is 21.5. The molecule has 4 heteroatoms. The Morgan fingerprint density at radius 1 is 1.53 bits per heavy atom.